The number of pyridine rings is 1. The Morgan fingerprint density at radius 3 is 2.23 bits per heavy atom. The number of piperazine rings is 1. The topological polar surface area (TPSA) is 185 Å². The van der Waals surface area contributed by atoms with Gasteiger partial charge in [0.1, 0.15) is 23.2 Å². The van der Waals surface area contributed by atoms with Crippen molar-refractivity contribution in [2.45, 2.75) is 57.3 Å². The molecule has 66 heavy (non-hydrogen) atoms. The van der Waals surface area contributed by atoms with Gasteiger partial charge in [0.2, 0.25) is 17.7 Å². The molecule has 20 heteroatoms. The number of likely N-dealkylation sites (tertiary alicyclic amines) is 1. The van der Waals surface area contributed by atoms with Crippen molar-refractivity contribution in [3.8, 4) is 5.75 Å². The van der Waals surface area contributed by atoms with Gasteiger partial charge in [-0.15, -0.1) is 0 Å². The van der Waals surface area contributed by atoms with Crippen LogP contribution in [0, 0.1) is 5.41 Å². The maximum Gasteiger partial charge on any atom is 0.433 e. The number of amides is 7. The molecule has 0 bridgehead atoms. The molecule has 9 rings (SSSR count). The van der Waals surface area contributed by atoms with E-state index in [0.29, 0.717) is 81.3 Å². The molecular weight excluding hydrogens is 864 g/mol. The summed E-state index contributed by atoms with van der Waals surface area (Å²) in [6.07, 6.45) is -1.02. The Morgan fingerprint density at radius 1 is 0.833 bits per heavy atom. The van der Waals surface area contributed by atoms with Gasteiger partial charge in [-0.2, -0.15) is 13.2 Å². The van der Waals surface area contributed by atoms with Gasteiger partial charge in [-0.25, -0.2) is 4.98 Å². The van der Waals surface area contributed by atoms with Crippen LogP contribution in [0.2, 0.25) is 0 Å². The van der Waals surface area contributed by atoms with Crippen molar-refractivity contribution in [3.05, 3.63) is 82.2 Å². The Labute approximate surface area is 378 Å². The number of hydrogen-bond donors (Lipinski definition) is 2. The van der Waals surface area contributed by atoms with E-state index in [-0.39, 0.29) is 53.6 Å². The second kappa shape index (κ2) is 17.8. The van der Waals surface area contributed by atoms with Gasteiger partial charge in [0, 0.05) is 84.0 Å². The highest BCUT2D eigenvalue weighted by atomic mass is 19.4. The van der Waals surface area contributed by atoms with E-state index in [9.17, 15) is 46.7 Å². The number of nitrogens with zero attached hydrogens (tertiary/aromatic N) is 7. The predicted octanol–water partition coefficient (Wildman–Crippen LogP) is 3.25. The van der Waals surface area contributed by atoms with Gasteiger partial charge < -0.3 is 24.8 Å². The monoisotopic (exact) mass is 913 g/mol. The summed E-state index contributed by atoms with van der Waals surface area (Å²) < 4.78 is 45.0. The van der Waals surface area contributed by atoms with Crippen LogP contribution >= 0.6 is 0 Å². The Morgan fingerprint density at radius 2 is 1.53 bits per heavy atom. The number of hydrogen-bond acceptors (Lipinski definition) is 12. The van der Waals surface area contributed by atoms with Gasteiger partial charge >= 0.3 is 6.18 Å². The molecule has 348 valence electrons. The molecule has 6 aliphatic rings. The third-order valence-electron chi connectivity index (χ3n) is 14.1. The normalized spacial score (nSPS) is 21.3. The zero-order valence-corrected chi connectivity index (χ0v) is 36.5. The summed E-state index contributed by atoms with van der Waals surface area (Å²) in [5, 5.41) is 4.83. The molecule has 2 aromatic carbocycles. The molecule has 1 spiro atoms. The maximum absolute atomic E-state index is 13.7. The van der Waals surface area contributed by atoms with E-state index < -0.39 is 53.1 Å². The summed E-state index contributed by atoms with van der Waals surface area (Å²) in [4.78, 5) is 106. The molecule has 4 fully saturated rings. The van der Waals surface area contributed by atoms with Crippen LogP contribution in [0.1, 0.15) is 91.3 Å². The van der Waals surface area contributed by atoms with Crippen LogP contribution in [0.5, 0.6) is 5.75 Å². The van der Waals surface area contributed by atoms with E-state index in [1.165, 1.54) is 19.2 Å². The van der Waals surface area contributed by atoms with Crippen molar-refractivity contribution in [2.24, 2.45) is 5.41 Å². The van der Waals surface area contributed by atoms with Gasteiger partial charge in [0.15, 0.2) is 0 Å². The number of rotatable bonds is 10. The minimum Gasteiger partial charge on any atom is -0.495 e. The highest BCUT2D eigenvalue weighted by molar-refractivity contribution is 6.25. The molecule has 4 saturated heterocycles. The third kappa shape index (κ3) is 8.70. The molecule has 2 N–H and O–H groups in total. The molecule has 17 nitrogen and oxygen atoms in total. The lowest BCUT2D eigenvalue weighted by molar-refractivity contribution is -0.141. The lowest BCUT2D eigenvalue weighted by Crippen LogP contribution is -2.54. The number of imide groups is 2. The second-order valence-electron chi connectivity index (χ2n) is 17.9. The zero-order chi connectivity index (χ0) is 46.5. The number of benzene rings is 2. The van der Waals surface area contributed by atoms with E-state index in [2.05, 4.69) is 30.3 Å². The minimum atomic E-state index is -4.71. The molecular formula is C46H50F3N9O8. The summed E-state index contributed by atoms with van der Waals surface area (Å²) in [7, 11) is 1.37. The fraction of sp³-hybridized carbons (Fsp3) is 0.478. The van der Waals surface area contributed by atoms with Crippen molar-refractivity contribution >= 4 is 52.7 Å². The number of nitrogens with one attached hydrogen (secondary N) is 2. The number of aromatic nitrogens is 1. The molecule has 0 saturated carbocycles. The van der Waals surface area contributed by atoms with Crippen molar-refractivity contribution in [3.63, 3.8) is 0 Å². The molecule has 0 radical (unpaired) electrons. The van der Waals surface area contributed by atoms with Crippen LogP contribution < -0.4 is 20.3 Å². The van der Waals surface area contributed by atoms with Gasteiger partial charge in [-0.05, 0) is 79.5 Å². The average Bonchev–Trinajstić information content (AvgIpc) is 3.75. The maximum atomic E-state index is 13.7. The first-order chi connectivity index (χ1) is 31.6. The SMILES string of the molecule is COc1cc2c(cc1NC(=O)c1cccc(C(F)(F)F)n1)CN(CCN1CCN(CC(=O)N3CCC4(CC3)CCN(c3cccc5c3C(=O)N(C3CCC(=O)NC3=O)C5=O)CC4)CC1)C2=O. The first-order valence-electron chi connectivity index (χ1n) is 22.3. The number of alkyl halides is 3. The van der Waals surface area contributed by atoms with Crippen LogP contribution in [0.15, 0.2) is 48.5 Å². The Kier molecular flexibility index (Phi) is 12.1. The highest BCUT2D eigenvalue weighted by Gasteiger charge is 2.47. The summed E-state index contributed by atoms with van der Waals surface area (Å²) in [6.45, 7) is 7.30. The number of carbonyl (C=O) groups is 7. The van der Waals surface area contributed by atoms with Crippen molar-refractivity contribution < 1.29 is 51.5 Å². The van der Waals surface area contributed by atoms with E-state index in [4.69, 9.17) is 4.74 Å². The van der Waals surface area contributed by atoms with Crippen LogP contribution in [-0.4, -0.2) is 156 Å². The highest BCUT2D eigenvalue weighted by Crippen LogP contribution is 2.44. The van der Waals surface area contributed by atoms with Gasteiger partial charge in [-0.1, -0.05) is 12.1 Å². The van der Waals surface area contributed by atoms with Gasteiger partial charge in [0.25, 0.3) is 23.6 Å². The summed E-state index contributed by atoms with van der Waals surface area (Å²) in [5.41, 5.74) is 1.02. The fourth-order valence-electron chi connectivity index (χ4n) is 10.2. The number of methoxy groups -OCH3 is 1. The second-order valence-corrected chi connectivity index (χ2v) is 17.9. The number of halogens is 3. The van der Waals surface area contributed by atoms with Crippen molar-refractivity contribution in [1.29, 1.82) is 0 Å². The lowest BCUT2D eigenvalue weighted by Gasteiger charge is -2.48. The first kappa shape index (κ1) is 44.8. The minimum absolute atomic E-state index is 0.0588. The lowest BCUT2D eigenvalue weighted by atomic mass is 9.71. The summed E-state index contributed by atoms with van der Waals surface area (Å²) in [5.74, 6) is -2.82. The molecule has 6 aliphatic heterocycles. The smallest absolute Gasteiger partial charge is 0.433 e. The first-order valence-corrected chi connectivity index (χ1v) is 22.3. The fourth-order valence-corrected chi connectivity index (χ4v) is 10.2. The molecule has 1 atom stereocenters. The van der Waals surface area contributed by atoms with Crippen LogP contribution in [0.25, 0.3) is 0 Å². The molecule has 7 amide bonds. The molecule has 1 unspecified atom stereocenters. The van der Waals surface area contributed by atoms with Crippen LogP contribution in [-0.2, 0) is 27.1 Å². The Balaban J connectivity index is 0.712. The standard InChI is InChI=1S/C46H50F3N9O8/c1-66-35-25-30-28(24-32(35)51-40(61)31-5-3-7-36(50-31)46(47,48)49)26-57(42(30)63)23-22-53-18-20-54(21-19-53)27-38(60)56-16-12-45(13-17-56)10-14-55(15-11-45)33-6-2-4-29-39(33)44(65)58(43(29)64)34-8-9-37(59)52-41(34)62/h2-7,24-25,34H,8-23,26-27H2,1H3,(H,51,61)(H,52,59,62). The predicted molar refractivity (Wildman–Crippen MR) is 231 cm³/mol. The van der Waals surface area contributed by atoms with Crippen LogP contribution in [0.3, 0.4) is 0 Å². The molecule has 7 heterocycles. The van der Waals surface area contributed by atoms with E-state index >= 15 is 0 Å². The number of piperidine rings is 3. The molecule has 0 aliphatic carbocycles. The zero-order valence-electron chi connectivity index (χ0n) is 36.5. The summed E-state index contributed by atoms with van der Waals surface area (Å²) >= 11 is 0. The van der Waals surface area contributed by atoms with Crippen molar-refractivity contribution in [2.75, 3.05) is 89.3 Å². The molecule has 3 aromatic rings. The Bertz CT molecular complexity index is 2490. The number of fused-ring (bicyclic) bond motifs is 2. The van der Waals surface area contributed by atoms with Gasteiger partial charge in [0.05, 0.1) is 36.2 Å². The van der Waals surface area contributed by atoms with Gasteiger partial charge in [-0.3, -0.25) is 53.6 Å². The van der Waals surface area contributed by atoms with E-state index in [1.54, 1.807) is 23.1 Å². The average molecular weight is 914 g/mol. The molecule has 1 aromatic heterocycles. The largest absolute Gasteiger partial charge is 0.495 e. The van der Waals surface area contributed by atoms with Crippen molar-refractivity contribution in [1.82, 2.24) is 34.8 Å². The quantitative estimate of drug-likeness (QED) is 0.284. The van der Waals surface area contributed by atoms with E-state index in [1.807, 2.05) is 11.0 Å². The van der Waals surface area contributed by atoms with Crippen LogP contribution in [0.4, 0.5) is 24.5 Å². The van der Waals surface area contributed by atoms with E-state index in [0.717, 1.165) is 55.8 Å². The third-order valence-corrected chi connectivity index (χ3v) is 14.1. The summed E-state index contributed by atoms with van der Waals surface area (Å²) in [6, 6.07) is 10.4. The Hall–Kier alpha value is -6.41. The number of carbonyl (C=O) groups excluding carboxylic acids is 7. The number of anilines is 2. The number of ether oxygens (including phenoxy) is 1.